The maximum atomic E-state index is 13.7. The third-order valence-electron chi connectivity index (χ3n) is 7.19. The third-order valence-corrected chi connectivity index (χ3v) is 8.49. The van der Waals surface area contributed by atoms with Crippen molar-refractivity contribution in [3.63, 3.8) is 0 Å². The molecule has 1 saturated carbocycles. The Morgan fingerprint density at radius 3 is 2.74 bits per heavy atom. The first-order chi connectivity index (χ1) is 20.8. The number of para-hydroxylation sites is 1. The normalized spacial score (nSPS) is 20.1. The minimum absolute atomic E-state index is 0.00162. The first kappa shape index (κ1) is 30.9. The maximum Gasteiger partial charge on any atom is 0.589 e. The van der Waals surface area contributed by atoms with E-state index in [0.717, 1.165) is 38.5 Å². The van der Waals surface area contributed by atoms with Gasteiger partial charge < -0.3 is 29.5 Å². The Kier molecular flexibility index (Phi) is 10.3. The van der Waals surface area contributed by atoms with Gasteiger partial charge in [-0.25, -0.2) is 14.3 Å². The van der Waals surface area contributed by atoms with E-state index < -0.39 is 19.8 Å². The molecule has 13 nitrogen and oxygen atoms in total. The number of rotatable bonds is 17. The predicted molar refractivity (Wildman–Crippen MR) is 162 cm³/mol. The molecule has 43 heavy (non-hydrogen) atoms. The van der Waals surface area contributed by atoms with E-state index in [-0.39, 0.29) is 30.3 Å². The Hall–Kier alpha value is -3.51. The largest absolute Gasteiger partial charge is 0.589 e. The molecule has 2 aliphatic carbocycles. The minimum Gasteiger partial charge on any atom is -0.395 e. The van der Waals surface area contributed by atoms with Crippen molar-refractivity contribution in [1.29, 1.82) is 0 Å². The molecule has 0 amide bonds. The second-order valence-electron chi connectivity index (χ2n) is 10.9. The summed E-state index contributed by atoms with van der Waals surface area (Å²) in [5, 5.41) is 3.37. The maximum absolute atomic E-state index is 13.7. The Bertz CT molecular complexity index is 1450. The Labute approximate surface area is 251 Å². The molecule has 0 bridgehead atoms. The van der Waals surface area contributed by atoms with Crippen LogP contribution in [0.15, 0.2) is 48.8 Å². The summed E-state index contributed by atoms with van der Waals surface area (Å²) in [5.41, 5.74) is 9.95. The number of carbonyl (C=O) groups excluding carboxylic acids is 1. The number of benzene rings is 1. The molecule has 1 aromatic carbocycles. The van der Waals surface area contributed by atoms with Crippen molar-refractivity contribution < 1.29 is 27.8 Å². The molecule has 0 aliphatic heterocycles. The van der Waals surface area contributed by atoms with Gasteiger partial charge in [0.05, 0.1) is 25.6 Å². The van der Waals surface area contributed by atoms with Crippen LogP contribution in [0.1, 0.15) is 64.8 Å². The van der Waals surface area contributed by atoms with Crippen LogP contribution < -0.4 is 21.1 Å². The fraction of sp³-hybridized carbons (Fsp3) is 0.517. The average molecular weight is 614 g/mol. The highest BCUT2D eigenvalue weighted by Gasteiger charge is 2.37. The zero-order valence-corrected chi connectivity index (χ0v) is 25.4. The number of phosphoric acid groups is 1. The highest BCUT2D eigenvalue weighted by Crippen LogP contribution is 2.51. The van der Waals surface area contributed by atoms with Crippen molar-refractivity contribution in [2.75, 3.05) is 24.3 Å². The van der Waals surface area contributed by atoms with Gasteiger partial charge in [0.25, 0.3) is 0 Å². The fourth-order valence-corrected chi connectivity index (χ4v) is 5.95. The number of hydrogen-bond donors (Lipinski definition) is 3. The summed E-state index contributed by atoms with van der Waals surface area (Å²) in [5.74, 6) is 0.108. The standard InChI is InChI=1S/C29H40N7O6P/c1-3-4-5-9-16-39-35-20(2)28(37)42-43(38,41-24-10-7-6-8-11-24)40-18-21-12-15-23(17-21)36-19-31-25-26(32-22-13-14-22)33-29(30)34-27(25)36/h6-8,10-12,15,19-23,35H,3-5,9,13-14,16-18H2,1-2H3,(H3,30,32,33,34)/t20-,21+,23-,43?/m0/s1. The summed E-state index contributed by atoms with van der Waals surface area (Å²) < 4.78 is 32.4. The number of anilines is 2. The van der Waals surface area contributed by atoms with Crippen molar-refractivity contribution in [3.8, 4) is 5.75 Å². The van der Waals surface area contributed by atoms with Crippen LogP contribution in [0.3, 0.4) is 0 Å². The number of allylic oxidation sites excluding steroid dienone is 1. The molecule has 2 aromatic heterocycles. The number of fused-ring (bicyclic) bond motifs is 1. The molecule has 14 heteroatoms. The molecule has 0 saturated heterocycles. The number of hydroxylamine groups is 1. The molecule has 4 N–H and O–H groups in total. The van der Waals surface area contributed by atoms with Gasteiger partial charge in [-0.15, -0.1) is 0 Å². The minimum atomic E-state index is -4.34. The lowest BCUT2D eigenvalue weighted by Gasteiger charge is -2.21. The summed E-state index contributed by atoms with van der Waals surface area (Å²) in [4.78, 5) is 31.5. The zero-order valence-electron chi connectivity index (χ0n) is 24.6. The first-order valence-electron chi connectivity index (χ1n) is 14.9. The molecular formula is C29H40N7O6P. The molecule has 3 aromatic rings. The number of phosphoric ester groups is 1. The molecule has 2 aliphatic rings. The number of nitrogens with zero attached hydrogens (tertiary/aromatic N) is 4. The van der Waals surface area contributed by atoms with Gasteiger partial charge in [-0.05, 0) is 44.7 Å². The van der Waals surface area contributed by atoms with E-state index in [0.29, 0.717) is 36.1 Å². The van der Waals surface area contributed by atoms with E-state index in [2.05, 4.69) is 32.7 Å². The van der Waals surface area contributed by atoms with Crippen molar-refractivity contribution in [2.24, 2.45) is 5.92 Å². The zero-order chi connectivity index (χ0) is 30.2. The Balaban J connectivity index is 1.20. The second kappa shape index (κ2) is 14.3. The van der Waals surface area contributed by atoms with Gasteiger partial charge in [0.2, 0.25) is 5.95 Å². The number of unbranched alkanes of at least 4 members (excludes halogenated alkanes) is 3. The number of aromatic nitrogens is 4. The number of carbonyl (C=O) groups is 1. The Morgan fingerprint density at radius 2 is 1.98 bits per heavy atom. The van der Waals surface area contributed by atoms with Gasteiger partial charge in [-0.3, -0.25) is 4.52 Å². The van der Waals surface area contributed by atoms with Gasteiger partial charge in [-0.2, -0.15) is 15.4 Å². The molecule has 232 valence electrons. The van der Waals surface area contributed by atoms with Crippen molar-refractivity contribution in [2.45, 2.75) is 76.9 Å². The number of nitrogen functional groups attached to an aromatic ring is 1. The molecule has 1 fully saturated rings. The molecular weight excluding hydrogens is 573 g/mol. The monoisotopic (exact) mass is 613 g/mol. The summed E-state index contributed by atoms with van der Waals surface area (Å²) in [6, 6.07) is 7.88. The van der Waals surface area contributed by atoms with Gasteiger partial charge in [0.15, 0.2) is 17.0 Å². The van der Waals surface area contributed by atoms with Gasteiger partial charge in [-0.1, -0.05) is 56.5 Å². The van der Waals surface area contributed by atoms with E-state index in [1.165, 1.54) is 0 Å². The number of imidazole rings is 1. The van der Waals surface area contributed by atoms with Crippen LogP contribution in [0.4, 0.5) is 11.8 Å². The van der Waals surface area contributed by atoms with Crippen molar-refractivity contribution >= 4 is 36.7 Å². The Morgan fingerprint density at radius 1 is 1.16 bits per heavy atom. The lowest BCUT2D eigenvalue weighted by molar-refractivity contribution is -0.142. The smallest absolute Gasteiger partial charge is 0.395 e. The van der Waals surface area contributed by atoms with E-state index in [1.54, 1.807) is 43.6 Å². The fourth-order valence-electron chi connectivity index (χ4n) is 4.67. The first-order valence-corrected chi connectivity index (χ1v) is 16.3. The van der Waals surface area contributed by atoms with Crippen LogP contribution in [-0.2, 0) is 23.2 Å². The molecule has 1 unspecified atom stereocenters. The van der Waals surface area contributed by atoms with Gasteiger partial charge in [0.1, 0.15) is 11.8 Å². The number of nitrogens with two attached hydrogens (primary N) is 1. The van der Waals surface area contributed by atoms with Gasteiger partial charge >= 0.3 is 13.8 Å². The molecule has 5 rings (SSSR count). The van der Waals surface area contributed by atoms with Crippen molar-refractivity contribution in [1.82, 2.24) is 25.0 Å². The number of hydrogen-bond acceptors (Lipinski definition) is 12. The van der Waals surface area contributed by atoms with Crippen LogP contribution in [0, 0.1) is 5.92 Å². The highest BCUT2D eigenvalue weighted by atomic mass is 31.2. The van der Waals surface area contributed by atoms with Crippen LogP contribution >= 0.6 is 7.82 Å². The molecule has 4 atom stereocenters. The molecule has 0 spiro atoms. The summed E-state index contributed by atoms with van der Waals surface area (Å²) in [7, 11) is -4.34. The summed E-state index contributed by atoms with van der Waals surface area (Å²) in [6.45, 7) is 4.14. The lowest BCUT2D eigenvalue weighted by Crippen LogP contribution is -2.35. The van der Waals surface area contributed by atoms with Crippen LogP contribution in [0.25, 0.3) is 11.2 Å². The number of nitrogens with one attached hydrogen (secondary N) is 2. The molecule has 0 radical (unpaired) electrons. The highest BCUT2D eigenvalue weighted by molar-refractivity contribution is 7.49. The van der Waals surface area contributed by atoms with Crippen LogP contribution in [0.2, 0.25) is 0 Å². The quantitative estimate of drug-likeness (QED) is 0.0776. The summed E-state index contributed by atoms with van der Waals surface area (Å²) in [6.07, 6.45) is 12.6. The second-order valence-corrected chi connectivity index (χ2v) is 12.4. The SMILES string of the molecule is CCCCCCON[C@@H](C)C(=O)OP(=O)(OC[C@@H]1C=C[C@H](n2cnc3c(NC4CC4)nc(N)nc32)C1)Oc1ccccc1. The molecule has 2 heterocycles. The third kappa shape index (κ3) is 8.54. The van der Waals surface area contributed by atoms with E-state index >= 15 is 0 Å². The topological polar surface area (TPSA) is 165 Å². The van der Waals surface area contributed by atoms with Crippen LogP contribution in [0.5, 0.6) is 5.75 Å². The summed E-state index contributed by atoms with van der Waals surface area (Å²) >= 11 is 0. The lowest BCUT2D eigenvalue weighted by atomic mass is 10.1. The van der Waals surface area contributed by atoms with Gasteiger partial charge in [0, 0.05) is 12.0 Å². The average Bonchev–Trinajstić information content (AvgIpc) is 3.50. The van der Waals surface area contributed by atoms with E-state index in [1.807, 2.05) is 16.7 Å². The van der Waals surface area contributed by atoms with E-state index in [9.17, 15) is 9.36 Å². The van der Waals surface area contributed by atoms with Crippen molar-refractivity contribution in [3.05, 3.63) is 48.8 Å². The predicted octanol–water partition coefficient (Wildman–Crippen LogP) is 5.34. The van der Waals surface area contributed by atoms with Crippen LogP contribution in [-0.4, -0.2) is 50.8 Å². The van der Waals surface area contributed by atoms with E-state index in [4.69, 9.17) is 24.1 Å².